The Morgan fingerprint density at radius 3 is 2.68 bits per heavy atom. The second-order valence-electron chi connectivity index (χ2n) is 5.21. The molecule has 3 heteroatoms. The number of nitrogens with one attached hydrogen (secondary N) is 1. The van der Waals surface area contributed by atoms with Crippen LogP contribution < -0.4 is 5.32 Å². The van der Waals surface area contributed by atoms with Gasteiger partial charge in [-0.2, -0.15) is 0 Å². The van der Waals surface area contributed by atoms with Crippen molar-refractivity contribution in [3.63, 3.8) is 0 Å². The van der Waals surface area contributed by atoms with Gasteiger partial charge in [-0.05, 0) is 31.0 Å². The van der Waals surface area contributed by atoms with E-state index in [0.717, 1.165) is 30.2 Å². The standard InChI is InChI=1S/C16H21N3/c1-12(2)10-17-11-14-8-9-18-16(19-14)15-7-5-4-6-13(15)3/h4-9,12,17H,10-11H2,1-3H3. The van der Waals surface area contributed by atoms with Crippen LogP contribution in [0.2, 0.25) is 0 Å². The minimum Gasteiger partial charge on any atom is -0.311 e. The smallest absolute Gasteiger partial charge is 0.159 e. The van der Waals surface area contributed by atoms with E-state index in [1.54, 1.807) is 0 Å². The van der Waals surface area contributed by atoms with Crippen molar-refractivity contribution in [1.82, 2.24) is 15.3 Å². The van der Waals surface area contributed by atoms with Gasteiger partial charge in [0.05, 0.1) is 5.69 Å². The van der Waals surface area contributed by atoms with E-state index in [1.807, 2.05) is 24.4 Å². The maximum atomic E-state index is 4.63. The fourth-order valence-electron chi connectivity index (χ4n) is 1.94. The summed E-state index contributed by atoms with van der Waals surface area (Å²) in [6.45, 7) is 8.28. The lowest BCUT2D eigenvalue weighted by Gasteiger charge is -2.08. The molecule has 0 unspecified atom stereocenters. The highest BCUT2D eigenvalue weighted by Crippen LogP contribution is 2.18. The third-order valence-corrected chi connectivity index (χ3v) is 2.96. The average Bonchev–Trinajstić information content (AvgIpc) is 2.39. The van der Waals surface area contributed by atoms with Crippen LogP contribution in [0.25, 0.3) is 11.4 Å². The van der Waals surface area contributed by atoms with E-state index >= 15 is 0 Å². The van der Waals surface area contributed by atoms with Gasteiger partial charge in [0.25, 0.3) is 0 Å². The number of hydrogen-bond donors (Lipinski definition) is 1. The molecule has 0 saturated heterocycles. The number of rotatable bonds is 5. The van der Waals surface area contributed by atoms with Gasteiger partial charge >= 0.3 is 0 Å². The SMILES string of the molecule is Cc1ccccc1-c1nccc(CNCC(C)C)n1. The van der Waals surface area contributed by atoms with Gasteiger partial charge in [-0.15, -0.1) is 0 Å². The quantitative estimate of drug-likeness (QED) is 0.891. The molecule has 100 valence electrons. The van der Waals surface area contributed by atoms with Crippen LogP contribution in [0.3, 0.4) is 0 Å². The molecule has 0 bridgehead atoms. The fourth-order valence-corrected chi connectivity index (χ4v) is 1.94. The molecule has 1 aromatic carbocycles. The van der Waals surface area contributed by atoms with Crippen molar-refractivity contribution in [3.8, 4) is 11.4 Å². The normalized spacial score (nSPS) is 10.9. The zero-order valence-electron chi connectivity index (χ0n) is 11.9. The molecule has 0 radical (unpaired) electrons. The van der Waals surface area contributed by atoms with Crippen LogP contribution in [0.1, 0.15) is 25.1 Å². The third kappa shape index (κ3) is 3.86. The minimum atomic E-state index is 0.651. The first-order valence-electron chi connectivity index (χ1n) is 6.75. The summed E-state index contributed by atoms with van der Waals surface area (Å²) in [4.78, 5) is 9.00. The maximum Gasteiger partial charge on any atom is 0.159 e. The zero-order chi connectivity index (χ0) is 13.7. The molecule has 0 saturated carbocycles. The van der Waals surface area contributed by atoms with Crippen LogP contribution in [0.15, 0.2) is 36.5 Å². The number of aromatic nitrogens is 2. The highest BCUT2D eigenvalue weighted by Gasteiger charge is 2.05. The molecular weight excluding hydrogens is 234 g/mol. The molecule has 0 fully saturated rings. The Morgan fingerprint density at radius 1 is 1.16 bits per heavy atom. The molecule has 0 aliphatic rings. The molecule has 1 aromatic heterocycles. The summed E-state index contributed by atoms with van der Waals surface area (Å²) in [5.41, 5.74) is 3.34. The molecule has 3 nitrogen and oxygen atoms in total. The Labute approximate surface area is 115 Å². The third-order valence-electron chi connectivity index (χ3n) is 2.96. The van der Waals surface area contributed by atoms with Crippen molar-refractivity contribution in [2.75, 3.05) is 6.54 Å². The summed E-state index contributed by atoms with van der Waals surface area (Å²) >= 11 is 0. The van der Waals surface area contributed by atoms with Gasteiger partial charge < -0.3 is 5.32 Å². The van der Waals surface area contributed by atoms with E-state index in [-0.39, 0.29) is 0 Å². The van der Waals surface area contributed by atoms with Crippen LogP contribution in [0, 0.1) is 12.8 Å². The van der Waals surface area contributed by atoms with E-state index in [0.29, 0.717) is 5.92 Å². The van der Waals surface area contributed by atoms with Crippen molar-refractivity contribution in [3.05, 3.63) is 47.8 Å². The van der Waals surface area contributed by atoms with Gasteiger partial charge in [-0.1, -0.05) is 38.1 Å². The van der Waals surface area contributed by atoms with Crippen LogP contribution in [-0.4, -0.2) is 16.5 Å². The lowest BCUT2D eigenvalue weighted by Crippen LogP contribution is -2.19. The van der Waals surface area contributed by atoms with Gasteiger partial charge in [-0.3, -0.25) is 0 Å². The number of hydrogen-bond acceptors (Lipinski definition) is 3. The molecule has 1 N–H and O–H groups in total. The average molecular weight is 255 g/mol. The van der Waals surface area contributed by atoms with E-state index in [2.05, 4.69) is 48.2 Å². The van der Waals surface area contributed by atoms with Crippen LogP contribution >= 0.6 is 0 Å². The summed E-state index contributed by atoms with van der Waals surface area (Å²) in [6, 6.07) is 10.2. The Balaban J connectivity index is 2.13. The predicted octanol–water partition coefficient (Wildman–Crippen LogP) is 3.20. The first kappa shape index (κ1) is 13.7. The van der Waals surface area contributed by atoms with E-state index in [1.165, 1.54) is 5.56 Å². The van der Waals surface area contributed by atoms with Gasteiger partial charge in [0.1, 0.15) is 0 Å². The monoisotopic (exact) mass is 255 g/mol. The molecule has 2 rings (SSSR count). The van der Waals surface area contributed by atoms with Crippen molar-refractivity contribution in [2.45, 2.75) is 27.3 Å². The second-order valence-corrected chi connectivity index (χ2v) is 5.21. The van der Waals surface area contributed by atoms with Crippen molar-refractivity contribution in [1.29, 1.82) is 0 Å². The molecule has 19 heavy (non-hydrogen) atoms. The van der Waals surface area contributed by atoms with Gasteiger partial charge in [0.15, 0.2) is 5.82 Å². The second kappa shape index (κ2) is 6.43. The molecule has 0 amide bonds. The summed E-state index contributed by atoms with van der Waals surface area (Å²) in [6.07, 6.45) is 1.83. The summed E-state index contributed by atoms with van der Waals surface area (Å²) < 4.78 is 0. The lowest BCUT2D eigenvalue weighted by atomic mass is 10.1. The number of nitrogens with zero attached hydrogens (tertiary/aromatic N) is 2. The molecule has 1 heterocycles. The molecule has 0 aliphatic heterocycles. The first-order chi connectivity index (χ1) is 9.16. The van der Waals surface area contributed by atoms with E-state index in [4.69, 9.17) is 0 Å². The summed E-state index contributed by atoms with van der Waals surface area (Å²) in [5, 5.41) is 3.40. The number of aryl methyl sites for hydroxylation is 1. The Bertz CT molecular complexity index is 535. The van der Waals surface area contributed by atoms with Crippen LogP contribution in [0.5, 0.6) is 0 Å². The van der Waals surface area contributed by atoms with Gasteiger partial charge in [0, 0.05) is 18.3 Å². The van der Waals surface area contributed by atoms with Crippen molar-refractivity contribution in [2.24, 2.45) is 5.92 Å². The topological polar surface area (TPSA) is 37.8 Å². The van der Waals surface area contributed by atoms with E-state index in [9.17, 15) is 0 Å². The molecular formula is C16H21N3. The van der Waals surface area contributed by atoms with E-state index < -0.39 is 0 Å². The Morgan fingerprint density at radius 2 is 1.95 bits per heavy atom. The molecule has 2 aromatic rings. The fraction of sp³-hybridized carbons (Fsp3) is 0.375. The summed E-state index contributed by atoms with van der Waals surface area (Å²) in [7, 11) is 0. The van der Waals surface area contributed by atoms with Gasteiger partial charge in [0.2, 0.25) is 0 Å². The Hall–Kier alpha value is -1.74. The first-order valence-corrected chi connectivity index (χ1v) is 6.75. The number of benzene rings is 1. The molecule has 0 aliphatic carbocycles. The molecule has 0 spiro atoms. The predicted molar refractivity (Wildman–Crippen MR) is 78.7 cm³/mol. The van der Waals surface area contributed by atoms with Crippen LogP contribution in [0.4, 0.5) is 0 Å². The summed E-state index contributed by atoms with van der Waals surface area (Å²) in [5.74, 6) is 1.46. The highest BCUT2D eigenvalue weighted by atomic mass is 14.9. The molecule has 0 atom stereocenters. The van der Waals surface area contributed by atoms with Crippen LogP contribution in [-0.2, 0) is 6.54 Å². The largest absolute Gasteiger partial charge is 0.311 e. The zero-order valence-corrected chi connectivity index (χ0v) is 11.9. The minimum absolute atomic E-state index is 0.651. The van der Waals surface area contributed by atoms with Crippen molar-refractivity contribution >= 4 is 0 Å². The highest BCUT2D eigenvalue weighted by molar-refractivity contribution is 5.59. The van der Waals surface area contributed by atoms with Gasteiger partial charge in [-0.25, -0.2) is 9.97 Å². The van der Waals surface area contributed by atoms with Crippen molar-refractivity contribution < 1.29 is 0 Å². The lowest BCUT2D eigenvalue weighted by molar-refractivity contribution is 0.548. The maximum absolute atomic E-state index is 4.63. The Kier molecular flexibility index (Phi) is 4.63.